The molecule has 0 aromatic heterocycles. The van der Waals surface area contributed by atoms with Crippen LogP contribution in [0.25, 0.3) is 0 Å². The van der Waals surface area contributed by atoms with E-state index in [1.807, 2.05) is 0 Å². The number of anilines is 1. The molecule has 0 aliphatic rings. The summed E-state index contributed by atoms with van der Waals surface area (Å²) in [5.74, 6) is 0.996. The Hall–Kier alpha value is -0.630. The van der Waals surface area contributed by atoms with Crippen LogP contribution in [0, 0.1) is 0 Å². The molecular formula is C12H19NS. The van der Waals surface area contributed by atoms with Gasteiger partial charge in [0.05, 0.1) is 0 Å². The zero-order chi connectivity index (χ0) is 10.4. The molecule has 0 fully saturated rings. The maximum atomic E-state index is 4.20. The quantitative estimate of drug-likeness (QED) is 0.576. The predicted molar refractivity (Wildman–Crippen MR) is 67.6 cm³/mol. The molecule has 0 amide bonds. The first-order valence-electron chi connectivity index (χ1n) is 5.11. The monoisotopic (exact) mass is 209 g/mol. The first kappa shape index (κ1) is 11.4. The highest BCUT2D eigenvalue weighted by molar-refractivity contribution is 7.80. The second kappa shape index (κ2) is 5.97. The summed E-state index contributed by atoms with van der Waals surface area (Å²) < 4.78 is 0. The van der Waals surface area contributed by atoms with Crippen LogP contribution < -0.4 is 4.90 Å². The summed E-state index contributed by atoms with van der Waals surface area (Å²) >= 11 is 4.20. The molecule has 0 heterocycles. The third-order valence-electron chi connectivity index (χ3n) is 2.33. The number of hydrogen-bond donors (Lipinski definition) is 1. The first-order chi connectivity index (χ1) is 6.74. The Balaban J connectivity index is 2.47. The number of unbranched alkanes of at least 4 members (excludes halogenated alkanes) is 1. The molecule has 1 rings (SSSR count). The fourth-order valence-electron chi connectivity index (χ4n) is 1.40. The molecule has 1 nitrogen and oxygen atoms in total. The van der Waals surface area contributed by atoms with E-state index in [2.05, 4.69) is 55.9 Å². The van der Waals surface area contributed by atoms with Gasteiger partial charge in [-0.2, -0.15) is 12.6 Å². The third kappa shape index (κ3) is 3.62. The van der Waals surface area contributed by atoms with Crippen LogP contribution in [0.1, 0.15) is 18.4 Å². The summed E-state index contributed by atoms with van der Waals surface area (Å²) in [6.07, 6.45) is 3.62. The lowest BCUT2D eigenvalue weighted by atomic mass is 10.1. The SMILES string of the molecule is CN(C)c1ccc(CCCCS)cc1. The van der Waals surface area contributed by atoms with E-state index in [-0.39, 0.29) is 0 Å². The lowest BCUT2D eigenvalue weighted by molar-refractivity contribution is 0.804. The molecule has 2 heteroatoms. The van der Waals surface area contributed by atoms with Gasteiger partial charge in [-0.15, -0.1) is 0 Å². The van der Waals surface area contributed by atoms with Crippen molar-refractivity contribution in [2.24, 2.45) is 0 Å². The molecule has 0 spiro atoms. The molecule has 0 bridgehead atoms. The zero-order valence-electron chi connectivity index (χ0n) is 9.03. The summed E-state index contributed by atoms with van der Waals surface area (Å²) in [6, 6.07) is 8.79. The zero-order valence-corrected chi connectivity index (χ0v) is 9.93. The van der Waals surface area contributed by atoms with Gasteiger partial charge in [-0.05, 0) is 42.7 Å². The fourth-order valence-corrected chi connectivity index (χ4v) is 1.63. The third-order valence-corrected chi connectivity index (χ3v) is 2.64. The van der Waals surface area contributed by atoms with E-state index in [4.69, 9.17) is 0 Å². The topological polar surface area (TPSA) is 3.24 Å². The maximum Gasteiger partial charge on any atom is 0.0361 e. The molecule has 78 valence electrons. The summed E-state index contributed by atoms with van der Waals surface area (Å²) in [7, 11) is 4.13. The Labute approximate surface area is 92.5 Å². The van der Waals surface area contributed by atoms with Crippen LogP contribution in [-0.2, 0) is 6.42 Å². The molecule has 0 saturated carbocycles. The lowest BCUT2D eigenvalue weighted by Gasteiger charge is -2.12. The summed E-state index contributed by atoms with van der Waals surface area (Å²) in [4.78, 5) is 2.12. The normalized spacial score (nSPS) is 10.2. The van der Waals surface area contributed by atoms with Crippen LogP contribution in [-0.4, -0.2) is 19.8 Å². The van der Waals surface area contributed by atoms with E-state index in [0.717, 1.165) is 5.75 Å². The van der Waals surface area contributed by atoms with Crippen LogP contribution in [0.3, 0.4) is 0 Å². The molecule has 0 radical (unpaired) electrons. The Kier molecular flexibility index (Phi) is 4.88. The van der Waals surface area contributed by atoms with E-state index in [1.165, 1.54) is 30.5 Å². The van der Waals surface area contributed by atoms with E-state index in [1.54, 1.807) is 0 Å². The Morgan fingerprint density at radius 1 is 1.07 bits per heavy atom. The van der Waals surface area contributed by atoms with Gasteiger partial charge in [0, 0.05) is 19.8 Å². The molecule has 0 unspecified atom stereocenters. The van der Waals surface area contributed by atoms with Gasteiger partial charge in [0.25, 0.3) is 0 Å². The Morgan fingerprint density at radius 2 is 1.71 bits per heavy atom. The lowest BCUT2D eigenvalue weighted by Crippen LogP contribution is -2.08. The number of hydrogen-bond acceptors (Lipinski definition) is 2. The van der Waals surface area contributed by atoms with Gasteiger partial charge in [0.2, 0.25) is 0 Å². The van der Waals surface area contributed by atoms with Crippen molar-refractivity contribution >= 4 is 18.3 Å². The van der Waals surface area contributed by atoms with Crippen molar-refractivity contribution in [3.8, 4) is 0 Å². The van der Waals surface area contributed by atoms with Gasteiger partial charge >= 0.3 is 0 Å². The molecule has 0 atom stereocenters. The molecule has 1 aromatic carbocycles. The van der Waals surface area contributed by atoms with Gasteiger partial charge in [-0.3, -0.25) is 0 Å². The second-order valence-corrected chi connectivity index (χ2v) is 4.19. The number of nitrogens with zero attached hydrogens (tertiary/aromatic N) is 1. The van der Waals surface area contributed by atoms with Crippen LogP contribution >= 0.6 is 12.6 Å². The minimum atomic E-state index is 0.996. The molecule has 0 N–H and O–H groups in total. The fraction of sp³-hybridized carbons (Fsp3) is 0.500. The van der Waals surface area contributed by atoms with Gasteiger partial charge in [-0.1, -0.05) is 12.1 Å². The minimum absolute atomic E-state index is 0.996. The predicted octanol–water partition coefficient (Wildman–Crippen LogP) is 3.01. The number of benzene rings is 1. The van der Waals surface area contributed by atoms with E-state index in [0.29, 0.717) is 0 Å². The van der Waals surface area contributed by atoms with Crippen LogP contribution in [0.5, 0.6) is 0 Å². The van der Waals surface area contributed by atoms with Gasteiger partial charge in [0.1, 0.15) is 0 Å². The van der Waals surface area contributed by atoms with Crippen LogP contribution in [0.15, 0.2) is 24.3 Å². The standard InChI is InChI=1S/C12H19NS/c1-13(2)12-8-6-11(7-9-12)5-3-4-10-14/h6-9,14H,3-5,10H2,1-2H3. The smallest absolute Gasteiger partial charge is 0.0361 e. The molecule has 14 heavy (non-hydrogen) atoms. The van der Waals surface area contributed by atoms with Crippen LogP contribution in [0.4, 0.5) is 5.69 Å². The molecule has 1 aromatic rings. The maximum absolute atomic E-state index is 4.20. The molecule has 0 aliphatic heterocycles. The van der Waals surface area contributed by atoms with Crippen molar-refractivity contribution in [2.75, 3.05) is 24.7 Å². The summed E-state index contributed by atoms with van der Waals surface area (Å²) in [6.45, 7) is 0. The van der Waals surface area contributed by atoms with Crippen molar-refractivity contribution in [1.82, 2.24) is 0 Å². The Morgan fingerprint density at radius 3 is 2.21 bits per heavy atom. The summed E-state index contributed by atoms with van der Waals surface area (Å²) in [5, 5.41) is 0. The van der Waals surface area contributed by atoms with Crippen molar-refractivity contribution in [3.05, 3.63) is 29.8 Å². The average molecular weight is 209 g/mol. The first-order valence-corrected chi connectivity index (χ1v) is 5.74. The minimum Gasteiger partial charge on any atom is -0.378 e. The van der Waals surface area contributed by atoms with E-state index >= 15 is 0 Å². The van der Waals surface area contributed by atoms with Crippen LogP contribution in [0.2, 0.25) is 0 Å². The Bertz CT molecular complexity index is 254. The highest BCUT2D eigenvalue weighted by Crippen LogP contribution is 2.13. The second-order valence-electron chi connectivity index (χ2n) is 3.74. The van der Waals surface area contributed by atoms with E-state index in [9.17, 15) is 0 Å². The van der Waals surface area contributed by atoms with E-state index < -0.39 is 0 Å². The van der Waals surface area contributed by atoms with Crippen molar-refractivity contribution in [1.29, 1.82) is 0 Å². The van der Waals surface area contributed by atoms with Gasteiger partial charge in [-0.25, -0.2) is 0 Å². The number of thiol groups is 1. The number of aryl methyl sites for hydroxylation is 1. The largest absolute Gasteiger partial charge is 0.378 e. The van der Waals surface area contributed by atoms with Crippen molar-refractivity contribution < 1.29 is 0 Å². The van der Waals surface area contributed by atoms with Gasteiger partial charge in [0.15, 0.2) is 0 Å². The highest BCUT2D eigenvalue weighted by atomic mass is 32.1. The average Bonchev–Trinajstić information content (AvgIpc) is 2.19. The molecular weight excluding hydrogens is 190 g/mol. The summed E-state index contributed by atoms with van der Waals surface area (Å²) in [5.41, 5.74) is 2.69. The highest BCUT2D eigenvalue weighted by Gasteiger charge is 1.95. The number of rotatable bonds is 5. The van der Waals surface area contributed by atoms with Crippen molar-refractivity contribution in [3.63, 3.8) is 0 Å². The molecule has 0 saturated heterocycles. The van der Waals surface area contributed by atoms with Crippen molar-refractivity contribution in [2.45, 2.75) is 19.3 Å². The molecule has 0 aliphatic carbocycles. The van der Waals surface area contributed by atoms with Gasteiger partial charge < -0.3 is 4.90 Å².